The maximum atomic E-state index is 10.8. The van der Waals surface area contributed by atoms with Crippen molar-refractivity contribution in [1.82, 2.24) is 0 Å². The fraction of sp³-hybridized carbons (Fsp3) is 0.273. The molecule has 0 spiro atoms. The van der Waals surface area contributed by atoms with Crippen LogP contribution in [0.3, 0.4) is 0 Å². The van der Waals surface area contributed by atoms with E-state index in [1.165, 1.54) is 19.1 Å². The van der Waals surface area contributed by atoms with Crippen molar-refractivity contribution in [2.75, 3.05) is 0 Å². The molecule has 0 aliphatic carbocycles. The monoisotopic (exact) mass is 205 g/mol. The van der Waals surface area contributed by atoms with Crippen molar-refractivity contribution in [3.63, 3.8) is 0 Å². The van der Waals surface area contributed by atoms with Crippen molar-refractivity contribution in [2.24, 2.45) is 0 Å². The lowest BCUT2D eigenvalue weighted by atomic mass is 10.0. The smallest absolute Gasteiger partial charge is 0.308 e. The lowest BCUT2D eigenvalue weighted by Gasteiger charge is -2.08. The zero-order valence-electron chi connectivity index (χ0n) is 8.57. The van der Waals surface area contributed by atoms with Gasteiger partial charge in [0.25, 0.3) is 0 Å². The molecule has 0 amide bonds. The van der Waals surface area contributed by atoms with E-state index in [1.807, 2.05) is 13.0 Å². The summed E-state index contributed by atoms with van der Waals surface area (Å²) in [7, 11) is 0. The Morgan fingerprint density at radius 1 is 1.60 bits per heavy atom. The summed E-state index contributed by atoms with van der Waals surface area (Å²) in [6.45, 7) is 3.08. The summed E-state index contributed by atoms with van der Waals surface area (Å²) >= 11 is 0. The molecule has 0 aromatic heterocycles. The molecular formula is C11H11NO3. The van der Waals surface area contributed by atoms with Gasteiger partial charge in [0.2, 0.25) is 0 Å². The standard InChI is InChI=1S/C11H11NO3/c1-3-8-9(6-12)11(15-7(2)13)5-4-10(8)14/h4-5,14H,3H2,1-2H3. The molecule has 78 valence electrons. The molecule has 0 aliphatic rings. The topological polar surface area (TPSA) is 70.3 Å². The van der Waals surface area contributed by atoms with Gasteiger partial charge in [-0.25, -0.2) is 0 Å². The molecule has 0 radical (unpaired) electrons. The number of nitriles is 1. The lowest BCUT2D eigenvalue weighted by molar-refractivity contribution is -0.131. The molecule has 1 N–H and O–H groups in total. The number of esters is 1. The Kier molecular flexibility index (Phi) is 3.29. The van der Waals surface area contributed by atoms with Crippen LogP contribution in [-0.4, -0.2) is 11.1 Å². The number of hydrogen-bond donors (Lipinski definition) is 1. The molecule has 15 heavy (non-hydrogen) atoms. The zero-order valence-corrected chi connectivity index (χ0v) is 8.57. The number of aromatic hydroxyl groups is 1. The molecule has 1 rings (SSSR count). The number of phenolic OH excluding ortho intramolecular Hbond substituents is 1. The van der Waals surface area contributed by atoms with Crippen LogP contribution in [-0.2, 0) is 11.2 Å². The van der Waals surface area contributed by atoms with Crippen LogP contribution in [0, 0.1) is 11.3 Å². The van der Waals surface area contributed by atoms with Crippen molar-refractivity contribution < 1.29 is 14.6 Å². The van der Waals surface area contributed by atoms with Crippen molar-refractivity contribution in [2.45, 2.75) is 20.3 Å². The summed E-state index contributed by atoms with van der Waals surface area (Å²) in [5, 5.41) is 18.4. The average Bonchev–Trinajstić information content (AvgIpc) is 2.19. The zero-order chi connectivity index (χ0) is 11.4. The van der Waals surface area contributed by atoms with Crippen LogP contribution in [0.4, 0.5) is 0 Å². The molecule has 0 unspecified atom stereocenters. The highest BCUT2D eigenvalue weighted by Crippen LogP contribution is 2.29. The first kappa shape index (κ1) is 11.1. The van der Waals surface area contributed by atoms with Crippen molar-refractivity contribution in [3.8, 4) is 17.6 Å². The van der Waals surface area contributed by atoms with Gasteiger partial charge in [-0.3, -0.25) is 4.79 Å². The summed E-state index contributed by atoms with van der Waals surface area (Å²) in [5.41, 5.74) is 0.712. The second-order valence-electron chi connectivity index (χ2n) is 3.00. The second kappa shape index (κ2) is 4.47. The fourth-order valence-electron chi connectivity index (χ4n) is 1.34. The van der Waals surface area contributed by atoms with Crippen LogP contribution in [0.25, 0.3) is 0 Å². The molecule has 0 heterocycles. The third-order valence-electron chi connectivity index (χ3n) is 1.97. The van der Waals surface area contributed by atoms with Gasteiger partial charge in [-0.2, -0.15) is 5.26 Å². The number of rotatable bonds is 2. The normalized spacial score (nSPS) is 9.40. The number of hydrogen-bond acceptors (Lipinski definition) is 4. The Hall–Kier alpha value is -2.02. The number of nitrogens with zero attached hydrogens (tertiary/aromatic N) is 1. The minimum absolute atomic E-state index is 0.0463. The molecule has 0 bridgehead atoms. The number of phenols is 1. The number of carbonyl (C=O) groups is 1. The average molecular weight is 205 g/mol. The van der Waals surface area contributed by atoms with Gasteiger partial charge >= 0.3 is 5.97 Å². The predicted molar refractivity (Wildman–Crippen MR) is 53.5 cm³/mol. The van der Waals surface area contributed by atoms with E-state index < -0.39 is 5.97 Å². The Balaban J connectivity index is 3.30. The maximum absolute atomic E-state index is 10.8. The van der Waals surface area contributed by atoms with E-state index >= 15 is 0 Å². The molecule has 4 heteroatoms. The molecule has 0 saturated heterocycles. The first-order valence-electron chi connectivity index (χ1n) is 4.53. The van der Waals surface area contributed by atoms with E-state index in [2.05, 4.69) is 0 Å². The summed E-state index contributed by atoms with van der Waals surface area (Å²) in [5.74, 6) is -0.246. The van der Waals surface area contributed by atoms with E-state index in [0.29, 0.717) is 12.0 Å². The Bertz CT molecular complexity index is 432. The highest BCUT2D eigenvalue weighted by atomic mass is 16.5. The maximum Gasteiger partial charge on any atom is 0.308 e. The van der Waals surface area contributed by atoms with Gasteiger partial charge in [0.15, 0.2) is 0 Å². The number of ether oxygens (including phenoxy) is 1. The molecule has 4 nitrogen and oxygen atoms in total. The van der Waals surface area contributed by atoms with Crippen LogP contribution < -0.4 is 4.74 Å². The Morgan fingerprint density at radius 2 is 2.27 bits per heavy atom. The van der Waals surface area contributed by atoms with Gasteiger partial charge in [-0.15, -0.1) is 0 Å². The summed E-state index contributed by atoms with van der Waals surface area (Å²) < 4.78 is 4.86. The first-order valence-corrected chi connectivity index (χ1v) is 4.53. The Labute approximate surface area is 87.7 Å². The van der Waals surface area contributed by atoms with Crippen molar-refractivity contribution >= 4 is 5.97 Å². The molecule has 0 aliphatic heterocycles. The second-order valence-corrected chi connectivity index (χ2v) is 3.00. The van der Waals surface area contributed by atoms with Gasteiger partial charge in [-0.05, 0) is 18.6 Å². The minimum atomic E-state index is -0.487. The van der Waals surface area contributed by atoms with E-state index in [0.717, 1.165) is 0 Å². The lowest BCUT2D eigenvalue weighted by Crippen LogP contribution is -2.04. The third-order valence-corrected chi connectivity index (χ3v) is 1.97. The van der Waals surface area contributed by atoms with Crippen molar-refractivity contribution in [3.05, 3.63) is 23.3 Å². The molecule has 0 fully saturated rings. The quantitative estimate of drug-likeness (QED) is 0.589. The molecule has 1 aromatic rings. The molecule has 1 aromatic carbocycles. The Morgan fingerprint density at radius 3 is 2.73 bits per heavy atom. The van der Waals surface area contributed by atoms with E-state index in [1.54, 1.807) is 0 Å². The summed E-state index contributed by atoms with van der Waals surface area (Å²) in [6.07, 6.45) is 0.504. The molecule has 0 atom stereocenters. The SMILES string of the molecule is CCc1c(O)ccc(OC(C)=O)c1C#N. The van der Waals surface area contributed by atoms with Crippen LogP contribution in [0.15, 0.2) is 12.1 Å². The van der Waals surface area contributed by atoms with E-state index in [4.69, 9.17) is 10.00 Å². The molecule has 0 saturated carbocycles. The highest BCUT2D eigenvalue weighted by molar-refractivity contribution is 5.71. The number of carbonyl (C=O) groups excluding carboxylic acids is 1. The number of benzene rings is 1. The first-order chi connectivity index (χ1) is 7.10. The van der Waals surface area contributed by atoms with Gasteiger partial charge in [-0.1, -0.05) is 6.92 Å². The van der Waals surface area contributed by atoms with Crippen LogP contribution in [0.2, 0.25) is 0 Å². The van der Waals surface area contributed by atoms with Crippen LogP contribution >= 0.6 is 0 Å². The van der Waals surface area contributed by atoms with Gasteiger partial charge < -0.3 is 9.84 Å². The van der Waals surface area contributed by atoms with Crippen LogP contribution in [0.5, 0.6) is 11.5 Å². The van der Waals surface area contributed by atoms with Crippen molar-refractivity contribution in [1.29, 1.82) is 5.26 Å². The largest absolute Gasteiger partial charge is 0.508 e. The van der Waals surface area contributed by atoms with Crippen LogP contribution in [0.1, 0.15) is 25.0 Å². The van der Waals surface area contributed by atoms with Gasteiger partial charge in [0, 0.05) is 12.5 Å². The minimum Gasteiger partial charge on any atom is -0.508 e. The van der Waals surface area contributed by atoms with E-state index in [-0.39, 0.29) is 17.1 Å². The van der Waals surface area contributed by atoms with Gasteiger partial charge in [0.05, 0.1) is 0 Å². The fourth-order valence-corrected chi connectivity index (χ4v) is 1.34. The predicted octanol–water partition coefficient (Wildman–Crippen LogP) is 1.75. The van der Waals surface area contributed by atoms with E-state index in [9.17, 15) is 9.90 Å². The summed E-state index contributed by atoms with van der Waals surface area (Å²) in [4.78, 5) is 10.8. The third kappa shape index (κ3) is 2.26. The molecular weight excluding hydrogens is 194 g/mol. The summed E-state index contributed by atoms with van der Waals surface area (Å²) in [6, 6.07) is 4.75. The highest BCUT2D eigenvalue weighted by Gasteiger charge is 2.13. The van der Waals surface area contributed by atoms with Gasteiger partial charge in [0.1, 0.15) is 23.1 Å².